The highest BCUT2D eigenvalue weighted by atomic mass is 16.2. The second-order valence-corrected chi connectivity index (χ2v) is 4.63. The van der Waals surface area contributed by atoms with E-state index in [0.29, 0.717) is 13.1 Å². The van der Waals surface area contributed by atoms with E-state index in [9.17, 15) is 9.59 Å². The largest absolute Gasteiger partial charge is 0.348 e. The van der Waals surface area contributed by atoms with Crippen LogP contribution in [0.15, 0.2) is 0 Å². The lowest BCUT2D eigenvalue weighted by molar-refractivity contribution is -0.139. The smallest absolute Gasteiger partial charge is 0.309 e. The summed E-state index contributed by atoms with van der Waals surface area (Å²) in [5.74, 6) is -1.01. The second kappa shape index (κ2) is 12.4. The Balaban J connectivity index is 3.38. The van der Waals surface area contributed by atoms with Crippen molar-refractivity contribution in [1.29, 1.82) is 0 Å². The maximum Gasteiger partial charge on any atom is 0.309 e. The fraction of sp³-hybridized carbons (Fsp3) is 0.857. The summed E-state index contributed by atoms with van der Waals surface area (Å²) in [6.07, 6.45) is 9.01. The summed E-state index contributed by atoms with van der Waals surface area (Å²) in [4.78, 5) is 22.6. The lowest BCUT2D eigenvalue weighted by atomic mass is 10.1. The Morgan fingerprint density at radius 3 is 1.67 bits per heavy atom. The lowest BCUT2D eigenvalue weighted by Gasteiger charge is -2.05. The van der Waals surface area contributed by atoms with Crippen molar-refractivity contribution < 1.29 is 9.59 Å². The van der Waals surface area contributed by atoms with Crippen molar-refractivity contribution in [2.24, 2.45) is 0 Å². The Morgan fingerprint density at radius 1 is 0.667 bits per heavy atom. The van der Waals surface area contributed by atoms with E-state index in [1.54, 1.807) is 0 Å². The van der Waals surface area contributed by atoms with Gasteiger partial charge >= 0.3 is 11.8 Å². The van der Waals surface area contributed by atoms with Crippen LogP contribution in [0.2, 0.25) is 0 Å². The van der Waals surface area contributed by atoms with Crippen molar-refractivity contribution in [2.75, 3.05) is 13.1 Å². The van der Waals surface area contributed by atoms with Gasteiger partial charge in [-0.2, -0.15) is 0 Å². The van der Waals surface area contributed by atoms with Gasteiger partial charge in [0.1, 0.15) is 0 Å². The Bertz CT molecular complexity index is 230. The molecule has 0 saturated carbocycles. The van der Waals surface area contributed by atoms with Gasteiger partial charge in [-0.25, -0.2) is 0 Å². The Kier molecular flexibility index (Phi) is 11.7. The minimum atomic E-state index is -0.505. The molecular formula is C14H28N2O2. The highest BCUT2D eigenvalue weighted by molar-refractivity contribution is 6.35. The Morgan fingerprint density at radius 2 is 1.11 bits per heavy atom. The van der Waals surface area contributed by atoms with Crippen molar-refractivity contribution in [3.05, 3.63) is 0 Å². The minimum absolute atomic E-state index is 0.500. The zero-order chi connectivity index (χ0) is 13.6. The van der Waals surface area contributed by atoms with Crippen molar-refractivity contribution in [3.63, 3.8) is 0 Å². The summed E-state index contributed by atoms with van der Waals surface area (Å²) in [6, 6.07) is 0. The molecule has 0 spiro atoms. The van der Waals surface area contributed by atoms with Crippen LogP contribution in [0.4, 0.5) is 0 Å². The third-order valence-corrected chi connectivity index (χ3v) is 2.84. The number of carbonyl (C=O) groups excluding carboxylic acids is 2. The molecule has 0 fully saturated rings. The van der Waals surface area contributed by atoms with Gasteiger partial charge in [-0.05, 0) is 12.8 Å². The van der Waals surface area contributed by atoms with E-state index in [1.807, 2.05) is 6.92 Å². The van der Waals surface area contributed by atoms with E-state index in [2.05, 4.69) is 17.6 Å². The van der Waals surface area contributed by atoms with E-state index in [4.69, 9.17) is 0 Å². The average molecular weight is 256 g/mol. The zero-order valence-corrected chi connectivity index (χ0v) is 11.9. The Hall–Kier alpha value is -1.06. The predicted molar refractivity (Wildman–Crippen MR) is 74.3 cm³/mol. The normalized spacial score (nSPS) is 10.1. The molecule has 0 aromatic heterocycles. The fourth-order valence-corrected chi connectivity index (χ4v) is 1.65. The van der Waals surface area contributed by atoms with Gasteiger partial charge in [-0.1, -0.05) is 52.4 Å². The highest BCUT2D eigenvalue weighted by Gasteiger charge is 2.10. The molecular weight excluding hydrogens is 228 g/mol. The number of rotatable bonds is 10. The molecule has 18 heavy (non-hydrogen) atoms. The first-order valence-corrected chi connectivity index (χ1v) is 7.28. The molecule has 0 unspecified atom stereocenters. The SMILES string of the molecule is CCCCCCCCNC(=O)C(=O)NCCCC. The standard InChI is InChI=1S/C14H28N2O2/c1-3-5-7-8-9-10-12-16-14(18)13(17)15-11-6-4-2/h3-12H2,1-2H3,(H,15,17)(H,16,18). The van der Waals surface area contributed by atoms with Gasteiger partial charge in [0.05, 0.1) is 0 Å². The van der Waals surface area contributed by atoms with Crippen molar-refractivity contribution >= 4 is 11.8 Å². The van der Waals surface area contributed by atoms with Crippen LogP contribution in [0, 0.1) is 0 Å². The fourth-order valence-electron chi connectivity index (χ4n) is 1.65. The van der Waals surface area contributed by atoms with Crippen molar-refractivity contribution in [3.8, 4) is 0 Å². The van der Waals surface area contributed by atoms with Crippen LogP contribution in [0.5, 0.6) is 0 Å². The first kappa shape index (κ1) is 16.9. The van der Waals surface area contributed by atoms with Crippen LogP contribution >= 0.6 is 0 Å². The summed E-state index contributed by atoms with van der Waals surface area (Å²) in [7, 11) is 0. The number of carbonyl (C=O) groups is 2. The van der Waals surface area contributed by atoms with Gasteiger partial charge in [-0.3, -0.25) is 9.59 Å². The van der Waals surface area contributed by atoms with Gasteiger partial charge in [0.2, 0.25) is 0 Å². The molecule has 0 heterocycles. The number of amides is 2. The number of unbranched alkanes of at least 4 members (excludes halogenated alkanes) is 6. The number of hydrogen-bond acceptors (Lipinski definition) is 2. The Labute approximate surface area is 111 Å². The molecule has 0 saturated heterocycles. The molecule has 0 aromatic carbocycles. The third kappa shape index (κ3) is 10.1. The third-order valence-electron chi connectivity index (χ3n) is 2.84. The van der Waals surface area contributed by atoms with Gasteiger partial charge in [0.25, 0.3) is 0 Å². The first-order valence-electron chi connectivity index (χ1n) is 7.28. The van der Waals surface area contributed by atoms with Crippen molar-refractivity contribution in [2.45, 2.75) is 65.2 Å². The van der Waals surface area contributed by atoms with Crippen LogP contribution in [-0.2, 0) is 9.59 Å². The molecule has 2 N–H and O–H groups in total. The molecule has 0 aliphatic rings. The van der Waals surface area contributed by atoms with Gasteiger partial charge in [0, 0.05) is 13.1 Å². The van der Waals surface area contributed by atoms with E-state index in [1.165, 1.54) is 25.7 Å². The van der Waals surface area contributed by atoms with Gasteiger partial charge in [-0.15, -0.1) is 0 Å². The molecule has 0 radical (unpaired) electrons. The monoisotopic (exact) mass is 256 g/mol. The molecule has 4 heteroatoms. The minimum Gasteiger partial charge on any atom is -0.348 e. The van der Waals surface area contributed by atoms with Crippen LogP contribution in [0.25, 0.3) is 0 Å². The molecule has 0 rings (SSSR count). The second-order valence-electron chi connectivity index (χ2n) is 4.63. The van der Waals surface area contributed by atoms with E-state index < -0.39 is 11.8 Å². The number of hydrogen-bond donors (Lipinski definition) is 2. The molecule has 0 atom stereocenters. The molecule has 0 aliphatic carbocycles. The maximum atomic E-state index is 11.3. The summed E-state index contributed by atoms with van der Waals surface area (Å²) in [5, 5.41) is 5.25. The number of nitrogens with one attached hydrogen (secondary N) is 2. The van der Waals surface area contributed by atoms with E-state index in [-0.39, 0.29) is 0 Å². The lowest BCUT2D eigenvalue weighted by Crippen LogP contribution is -2.40. The maximum absolute atomic E-state index is 11.3. The molecule has 106 valence electrons. The van der Waals surface area contributed by atoms with Gasteiger partial charge < -0.3 is 10.6 Å². The summed E-state index contributed by atoms with van der Waals surface area (Å²) < 4.78 is 0. The molecule has 4 nitrogen and oxygen atoms in total. The highest BCUT2D eigenvalue weighted by Crippen LogP contribution is 2.03. The topological polar surface area (TPSA) is 58.2 Å². The molecule has 2 amide bonds. The average Bonchev–Trinajstić information content (AvgIpc) is 2.37. The van der Waals surface area contributed by atoms with Crippen LogP contribution < -0.4 is 10.6 Å². The van der Waals surface area contributed by atoms with Crippen LogP contribution in [0.1, 0.15) is 65.2 Å². The predicted octanol–water partition coefficient (Wildman–Crippen LogP) is 2.38. The first-order chi connectivity index (χ1) is 8.72. The summed E-state index contributed by atoms with van der Waals surface area (Å²) >= 11 is 0. The summed E-state index contributed by atoms with van der Waals surface area (Å²) in [6.45, 7) is 5.42. The quantitative estimate of drug-likeness (QED) is 0.466. The van der Waals surface area contributed by atoms with Crippen molar-refractivity contribution in [1.82, 2.24) is 10.6 Å². The summed E-state index contributed by atoms with van der Waals surface area (Å²) in [5.41, 5.74) is 0. The van der Waals surface area contributed by atoms with Gasteiger partial charge in [0.15, 0.2) is 0 Å². The van der Waals surface area contributed by atoms with Crippen LogP contribution in [-0.4, -0.2) is 24.9 Å². The van der Waals surface area contributed by atoms with E-state index in [0.717, 1.165) is 25.7 Å². The molecule has 0 bridgehead atoms. The van der Waals surface area contributed by atoms with Crippen LogP contribution in [0.3, 0.4) is 0 Å². The molecule has 0 aromatic rings. The van der Waals surface area contributed by atoms with E-state index >= 15 is 0 Å². The molecule has 0 aliphatic heterocycles. The zero-order valence-electron chi connectivity index (χ0n) is 11.9.